The van der Waals surface area contributed by atoms with Crippen molar-refractivity contribution in [1.29, 1.82) is 0 Å². The Balaban J connectivity index is 1.62. The third-order valence-corrected chi connectivity index (χ3v) is 5.58. The summed E-state index contributed by atoms with van der Waals surface area (Å²) in [7, 11) is -3.80. The molecule has 0 saturated carbocycles. The van der Waals surface area contributed by atoms with E-state index in [2.05, 4.69) is 10.0 Å². The van der Waals surface area contributed by atoms with E-state index in [1.54, 1.807) is 30.3 Å². The summed E-state index contributed by atoms with van der Waals surface area (Å²) in [6.45, 7) is 0.0343. The number of carbonyl (C=O) groups excluding carboxylic acids is 1. The number of sulfonamides is 1. The Hall–Kier alpha value is -3.33. The standard InChI is InChI=1S/C21H17F3N2O3S/c22-21(23,24)17-10-6-15(7-11-17)14-25-20(27)16-8-12-19(13-9-16)30(28,29)26-18-4-2-1-3-5-18/h1-13,26H,14H2,(H,25,27). The predicted molar refractivity (Wildman–Crippen MR) is 106 cm³/mol. The van der Waals surface area contributed by atoms with Gasteiger partial charge in [-0.2, -0.15) is 13.2 Å². The molecule has 0 aliphatic heterocycles. The lowest BCUT2D eigenvalue weighted by atomic mass is 10.1. The van der Waals surface area contributed by atoms with Gasteiger partial charge in [-0.25, -0.2) is 8.42 Å². The van der Waals surface area contributed by atoms with Gasteiger partial charge in [-0.3, -0.25) is 9.52 Å². The Labute approximate surface area is 171 Å². The lowest BCUT2D eigenvalue weighted by Crippen LogP contribution is -2.23. The molecule has 2 N–H and O–H groups in total. The number of rotatable bonds is 6. The van der Waals surface area contributed by atoms with E-state index in [1.807, 2.05) is 0 Å². The van der Waals surface area contributed by atoms with Crippen molar-refractivity contribution in [2.75, 3.05) is 4.72 Å². The Morgan fingerprint density at radius 3 is 2.00 bits per heavy atom. The summed E-state index contributed by atoms with van der Waals surface area (Å²) < 4.78 is 65.0. The lowest BCUT2D eigenvalue weighted by Gasteiger charge is -2.10. The fourth-order valence-corrected chi connectivity index (χ4v) is 3.66. The Bertz CT molecular complexity index is 1110. The highest BCUT2D eigenvalue weighted by atomic mass is 32.2. The average Bonchev–Trinajstić information content (AvgIpc) is 2.72. The molecule has 30 heavy (non-hydrogen) atoms. The van der Waals surface area contributed by atoms with Crippen LogP contribution in [0.15, 0.2) is 83.8 Å². The third-order valence-electron chi connectivity index (χ3n) is 4.19. The maximum absolute atomic E-state index is 12.6. The van der Waals surface area contributed by atoms with Crippen LogP contribution in [0.5, 0.6) is 0 Å². The van der Waals surface area contributed by atoms with Gasteiger partial charge in [0.15, 0.2) is 0 Å². The number of hydrogen-bond donors (Lipinski definition) is 2. The number of halogens is 3. The minimum absolute atomic E-state index is 0.00866. The largest absolute Gasteiger partial charge is 0.416 e. The third kappa shape index (κ3) is 5.38. The fraction of sp³-hybridized carbons (Fsp3) is 0.0952. The van der Waals surface area contributed by atoms with E-state index in [-0.39, 0.29) is 17.0 Å². The molecule has 0 atom stereocenters. The summed E-state index contributed by atoms with van der Waals surface area (Å²) in [4.78, 5) is 12.2. The average molecular weight is 434 g/mol. The molecular formula is C21H17F3N2O3S. The van der Waals surface area contributed by atoms with Gasteiger partial charge in [-0.1, -0.05) is 30.3 Å². The van der Waals surface area contributed by atoms with Crippen molar-refractivity contribution < 1.29 is 26.4 Å². The van der Waals surface area contributed by atoms with Crippen molar-refractivity contribution in [2.45, 2.75) is 17.6 Å². The van der Waals surface area contributed by atoms with Crippen molar-refractivity contribution in [2.24, 2.45) is 0 Å². The quantitative estimate of drug-likeness (QED) is 0.603. The molecule has 0 heterocycles. The van der Waals surface area contributed by atoms with Gasteiger partial charge in [-0.05, 0) is 54.1 Å². The number of nitrogens with one attached hydrogen (secondary N) is 2. The van der Waals surface area contributed by atoms with Gasteiger partial charge in [0, 0.05) is 17.8 Å². The molecule has 0 aliphatic carbocycles. The van der Waals surface area contributed by atoms with Crippen LogP contribution < -0.4 is 10.0 Å². The molecule has 3 aromatic carbocycles. The molecule has 0 aliphatic rings. The molecule has 156 valence electrons. The molecule has 0 radical (unpaired) electrons. The normalized spacial score (nSPS) is 11.7. The SMILES string of the molecule is O=C(NCc1ccc(C(F)(F)F)cc1)c1ccc(S(=O)(=O)Nc2ccccc2)cc1. The predicted octanol–water partition coefficient (Wildman–Crippen LogP) is 4.44. The molecule has 9 heteroatoms. The first kappa shape index (κ1) is 21.4. The molecular weight excluding hydrogens is 417 g/mol. The Morgan fingerprint density at radius 1 is 0.833 bits per heavy atom. The minimum Gasteiger partial charge on any atom is -0.348 e. The van der Waals surface area contributed by atoms with Crippen LogP contribution >= 0.6 is 0 Å². The molecule has 0 aromatic heterocycles. The summed E-state index contributed by atoms with van der Waals surface area (Å²) in [5.74, 6) is -0.477. The monoisotopic (exact) mass is 434 g/mol. The van der Waals surface area contributed by atoms with Gasteiger partial charge in [0.1, 0.15) is 0 Å². The molecule has 0 unspecified atom stereocenters. The van der Waals surface area contributed by atoms with E-state index in [0.717, 1.165) is 12.1 Å². The molecule has 3 aromatic rings. The zero-order chi connectivity index (χ0) is 21.8. The molecule has 0 bridgehead atoms. The number of para-hydroxylation sites is 1. The van der Waals surface area contributed by atoms with Gasteiger partial charge < -0.3 is 5.32 Å². The van der Waals surface area contributed by atoms with Crippen molar-refractivity contribution in [3.8, 4) is 0 Å². The van der Waals surface area contributed by atoms with Gasteiger partial charge in [-0.15, -0.1) is 0 Å². The molecule has 5 nitrogen and oxygen atoms in total. The van der Waals surface area contributed by atoms with E-state index < -0.39 is 27.7 Å². The zero-order valence-corrected chi connectivity index (χ0v) is 16.3. The summed E-state index contributed by atoms with van der Waals surface area (Å²) in [5, 5.41) is 2.59. The number of anilines is 1. The van der Waals surface area contributed by atoms with Crippen molar-refractivity contribution in [3.63, 3.8) is 0 Å². The van der Waals surface area contributed by atoms with Crippen LogP contribution in [-0.2, 0) is 22.7 Å². The van der Waals surface area contributed by atoms with Gasteiger partial charge in [0.25, 0.3) is 15.9 Å². The highest BCUT2D eigenvalue weighted by Gasteiger charge is 2.29. The summed E-state index contributed by atoms with van der Waals surface area (Å²) >= 11 is 0. The highest BCUT2D eigenvalue weighted by molar-refractivity contribution is 7.92. The Kier molecular flexibility index (Phi) is 6.12. The first-order valence-corrected chi connectivity index (χ1v) is 10.3. The highest BCUT2D eigenvalue weighted by Crippen LogP contribution is 2.29. The molecule has 0 saturated heterocycles. The number of benzene rings is 3. The van der Waals surface area contributed by atoms with E-state index in [4.69, 9.17) is 0 Å². The fourth-order valence-electron chi connectivity index (χ4n) is 2.60. The second-order valence-electron chi connectivity index (χ2n) is 6.37. The molecule has 0 spiro atoms. The van der Waals surface area contributed by atoms with Crippen LogP contribution in [0.25, 0.3) is 0 Å². The topological polar surface area (TPSA) is 75.3 Å². The van der Waals surface area contributed by atoms with E-state index in [1.165, 1.54) is 36.4 Å². The van der Waals surface area contributed by atoms with Crippen molar-refractivity contribution in [1.82, 2.24) is 5.32 Å². The van der Waals surface area contributed by atoms with Crippen LogP contribution in [0.2, 0.25) is 0 Å². The summed E-state index contributed by atoms with van der Waals surface area (Å²) in [5.41, 5.74) is 0.373. The number of hydrogen-bond acceptors (Lipinski definition) is 3. The van der Waals surface area contributed by atoms with Gasteiger partial charge in [0.05, 0.1) is 10.5 Å². The summed E-state index contributed by atoms with van der Waals surface area (Å²) in [6, 6.07) is 18.2. The minimum atomic E-state index is -4.42. The number of carbonyl (C=O) groups is 1. The number of alkyl halides is 3. The van der Waals surface area contributed by atoms with Gasteiger partial charge >= 0.3 is 6.18 Å². The Morgan fingerprint density at radius 2 is 1.43 bits per heavy atom. The van der Waals surface area contributed by atoms with Gasteiger partial charge in [0.2, 0.25) is 0 Å². The molecule has 1 amide bonds. The van der Waals surface area contributed by atoms with E-state index in [0.29, 0.717) is 11.3 Å². The second-order valence-corrected chi connectivity index (χ2v) is 8.06. The van der Waals surface area contributed by atoms with Crippen LogP contribution in [0, 0.1) is 0 Å². The summed E-state index contributed by atoms with van der Waals surface area (Å²) in [6.07, 6.45) is -4.42. The van der Waals surface area contributed by atoms with Crippen LogP contribution in [0.1, 0.15) is 21.5 Å². The second kappa shape index (κ2) is 8.58. The van der Waals surface area contributed by atoms with Crippen molar-refractivity contribution in [3.05, 3.63) is 95.6 Å². The molecule has 0 fully saturated rings. The number of amides is 1. The van der Waals surface area contributed by atoms with Crippen molar-refractivity contribution >= 4 is 21.6 Å². The lowest BCUT2D eigenvalue weighted by molar-refractivity contribution is -0.137. The van der Waals surface area contributed by atoms with E-state index >= 15 is 0 Å². The zero-order valence-electron chi connectivity index (χ0n) is 15.5. The molecule has 3 rings (SSSR count). The van der Waals surface area contributed by atoms with E-state index in [9.17, 15) is 26.4 Å². The maximum atomic E-state index is 12.6. The van der Waals surface area contributed by atoms with Crippen LogP contribution in [-0.4, -0.2) is 14.3 Å². The first-order chi connectivity index (χ1) is 14.1. The van der Waals surface area contributed by atoms with Crippen LogP contribution in [0.4, 0.5) is 18.9 Å². The van der Waals surface area contributed by atoms with Crippen LogP contribution in [0.3, 0.4) is 0 Å². The smallest absolute Gasteiger partial charge is 0.348 e. The maximum Gasteiger partial charge on any atom is 0.416 e. The first-order valence-electron chi connectivity index (χ1n) is 8.77.